The maximum absolute atomic E-state index is 5.99. The summed E-state index contributed by atoms with van der Waals surface area (Å²) in [6.45, 7) is 6.71. The smallest absolute Gasteiger partial charge is 0.0931 e. The second kappa shape index (κ2) is 5.70. The summed E-state index contributed by atoms with van der Waals surface area (Å²) in [6, 6.07) is 4.97. The zero-order chi connectivity index (χ0) is 12.4. The SMILES string of the molecule is CC(N)C1CCN(C(C)c2ccc(Cl)s2)CC1. The van der Waals surface area contributed by atoms with Gasteiger partial charge in [0.15, 0.2) is 0 Å². The summed E-state index contributed by atoms with van der Waals surface area (Å²) in [5.41, 5.74) is 5.97. The first-order chi connectivity index (χ1) is 8.08. The Hall–Kier alpha value is -0.0900. The maximum Gasteiger partial charge on any atom is 0.0931 e. The van der Waals surface area contributed by atoms with E-state index in [4.69, 9.17) is 17.3 Å². The molecule has 0 radical (unpaired) electrons. The molecule has 0 saturated carbocycles. The van der Waals surface area contributed by atoms with Gasteiger partial charge < -0.3 is 5.73 Å². The van der Waals surface area contributed by atoms with Gasteiger partial charge in [-0.1, -0.05) is 11.6 Å². The van der Waals surface area contributed by atoms with Gasteiger partial charge in [0.25, 0.3) is 0 Å². The average molecular weight is 273 g/mol. The molecule has 4 heteroatoms. The minimum Gasteiger partial charge on any atom is -0.328 e. The summed E-state index contributed by atoms with van der Waals surface area (Å²) in [7, 11) is 0. The Morgan fingerprint density at radius 1 is 1.35 bits per heavy atom. The van der Waals surface area contributed by atoms with Crippen molar-refractivity contribution < 1.29 is 0 Å². The first kappa shape index (κ1) is 13.3. The highest BCUT2D eigenvalue weighted by molar-refractivity contribution is 7.16. The lowest BCUT2D eigenvalue weighted by Gasteiger charge is -2.37. The second-order valence-corrected chi connectivity index (χ2v) is 6.80. The number of halogens is 1. The van der Waals surface area contributed by atoms with Crippen LogP contribution in [0, 0.1) is 5.92 Å². The quantitative estimate of drug-likeness (QED) is 0.912. The molecule has 2 N–H and O–H groups in total. The fourth-order valence-electron chi connectivity index (χ4n) is 2.57. The molecule has 0 aromatic carbocycles. The van der Waals surface area contributed by atoms with Crippen LogP contribution in [0.15, 0.2) is 12.1 Å². The molecule has 2 heterocycles. The fourth-order valence-corrected chi connectivity index (χ4v) is 3.71. The van der Waals surface area contributed by atoms with E-state index >= 15 is 0 Å². The lowest BCUT2D eigenvalue weighted by atomic mass is 9.90. The van der Waals surface area contributed by atoms with Crippen molar-refractivity contribution in [3.05, 3.63) is 21.3 Å². The van der Waals surface area contributed by atoms with E-state index in [9.17, 15) is 0 Å². The Morgan fingerprint density at radius 2 is 2.00 bits per heavy atom. The zero-order valence-electron chi connectivity index (χ0n) is 10.5. The van der Waals surface area contributed by atoms with Gasteiger partial charge >= 0.3 is 0 Å². The highest BCUT2D eigenvalue weighted by Gasteiger charge is 2.25. The lowest BCUT2D eigenvalue weighted by Crippen LogP contribution is -2.40. The van der Waals surface area contributed by atoms with Gasteiger partial charge in [0.2, 0.25) is 0 Å². The molecule has 17 heavy (non-hydrogen) atoms. The summed E-state index contributed by atoms with van der Waals surface area (Å²) in [6.07, 6.45) is 2.45. The molecule has 1 aliphatic rings. The number of thiophene rings is 1. The van der Waals surface area contributed by atoms with Gasteiger partial charge in [0, 0.05) is 17.0 Å². The summed E-state index contributed by atoms with van der Waals surface area (Å²) in [4.78, 5) is 3.91. The molecular weight excluding hydrogens is 252 g/mol. The van der Waals surface area contributed by atoms with Gasteiger partial charge in [-0.3, -0.25) is 4.90 Å². The van der Waals surface area contributed by atoms with Crippen LogP contribution >= 0.6 is 22.9 Å². The molecule has 1 aliphatic heterocycles. The molecule has 96 valence electrons. The average Bonchev–Trinajstić information content (AvgIpc) is 2.75. The molecule has 0 amide bonds. The molecule has 2 nitrogen and oxygen atoms in total. The molecule has 2 unspecified atom stereocenters. The van der Waals surface area contributed by atoms with Crippen LogP contribution in [0.5, 0.6) is 0 Å². The normalized spacial score (nSPS) is 22.6. The Morgan fingerprint density at radius 3 is 2.47 bits per heavy atom. The van der Waals surface area contributed by atoms with Crippen molar-refractivity contribution in [1.82, 2.24) is 4.90 Å². The van der Waals surface area contributed by atoms with Crippen molar-refractivity contribution >= 4 is 22.9 Å². The van der Waals surface area contributed by atoms with Crippen LogP contribution in [0.1, 0.15) is 37.6 Å². The van der Waals surface area contributed by atoms with Gasteiger partial charge in [0.1, 0.15) is 0 Å². The van der Waals surface area contributed by atoms with E-state index in [1.807, 2.05) is 6.07 Å². The summed E-state index contributed by atoms with van der Waals surface area (Å²) >= 11 is 7.69. The molecule has 2 atom stereocenters. The summed E-state index contributed by atoms with van der Waals surface area (Å²) < 4.78 is 0.886. The summed E-state index contributed by atoms with van der Waals surface area (Å²) in [5.74, 6) is 0.699. The standard InChI is InChI=1S/C13H21ClN2S/c1-9(15)11-5-7-16(8-6-11)10(2)12-3-4-13(14)17-12/h3-4,9-11H,5-8,15H2,1-2H3. The number of hydrogen-bond donors (Lipinski definition) is 1. The van der Waals surface area contributed by atoms with E-state index < -0.39 is 0 Å². The first-order valence-electron chi connectivity index (χ1n) is 6.33. The Balaban J connectivity index is 1.92. The van der Waals surface area contributed by atoms with Crippen LogP contribution in [0.4, 0.5) is 0 Å². The van der Waals surface area contributed by atoms with E-state index in [2.05, 4.69) is 24.8 Å². The molecule has 0 aliphatic carbocycles. The minimum absolute atomic E-state index is 0.337. The van der Waals surface area contributed by atoms with Crippen LogP contribution in [-0.4, -0.2) is 24.0 Å². The van der Waals surface area contributed by atoms with E-state index in [0.717, 1.165) is 17.4 Å². The zero-order valence-corrected chi connectivity index (χ0v) is 12.1. The molecule has 0 bridgehead atoms. The number of nitrogens with zero attached hydrogens (tertiary/aromatic N) is 1. The predicted octanol–water partition coefficient (Wildman–Crippen LogP) is 3.52. The maximum atomic E-state index is 5.99. The fraction of sp³-hybridized carbons (Fsp3) is 0.692. The largest absolute Gasteiger partial charge is 0.328 e. The molecular formula is C13H21ClN2S. The van der Waals surface area contributed by atoms with Gasteiger partial charge in [-0.2, -0.15) is 0 Å². The van der Waals surface area contributed by atoms with Crippen molar-refractivity contribution in [2.45, 2.75) is 38.8 Å². The lowest BCUT2D eigenvalue weighted by molar-refractivity contribution is 0.134. The van der Waals surface area contributed by atoms with Crippen molar-refractivity contribution in [1.29, 1.82) is 0 Å². The highest BCUT2D eigenvalue weighted by Crippen LogP contribution is 2.32. The monoisotopic (exact) mass is 272 g/mol. The number of hydrogen-bond acceptors (Lipinski definition) is 3. The number of rotatable bonds is 3. The van der Waals surface area contributed by atoms with Crippen LogP contribution in [0.2, 0.25) is 4.34 Å². The number of nitrogens with two attached hydrogens (primary N) is 1. The molecule has 1 aromatic heterocycles. The molecule has 2 rings (SSSR count). The number of likely N-dealkylation sites (tertiary alicyclic amines) is 1. The number of piperidine rings is 1. The topological polar surface area (TPSA) is 29.3 Å². The Bertz CT molecular complexity index is 356. The minimum atomic E-state index is 0.337. The van der Waals surface area contributed by atoms with Gasteiger partial charge in [-0.25, -0.2) is 0 Å². The van der Waals surface area contributed by atoms with Gasteiger partial charge in [0.05, 0.1) is 4.34 Å². The van der Waals surface area contributed by atoms with E-state index in [1.54, 1.807) is 11.3 Å². The van der Waals surface area contributed by atoms with Gasteiger partial charge in [-0.15, -0.1) is 11.3 Å². The van der Waals surface area contributed by atoms with E-state index in [1.165, 1.54) is 17.7 Å². The molecule has 1 aromatic rings. The second-order valence-electron chi connectivity index (χ2n) is 5.05. The van der Waals surface area contributed by atoms with Crippen molar-refractivity contribution in [3.8, 4) is 0 Å². The van der Waals surface area contributed by atoms with Crippen LogP contribution in [-0.2, 0) is 0 Å². The van der Waals surface area contributed by atoms with Crippen molar-refractivity contribution in [2.24, 2.45) is 11.7 Å². The third kappa shape index (κ3) is 3.22. The third-order valence-electron chi connectivity index (χ3n) is 3.87. The third-order valence-corrected chi connectivity index (χ3v) is 5.27. The van der Waals surface area contributed by atoms with E-state index in [0.29, 0.717) is 18.0 Å². The van der Waals surface area contributed by atoms with Crippen molar-refractivity contribution in [2.75, 3.05) is 13.1 Å². The van der Waals surface area contributed by atoms with Crippen molar-refractivity contribution in [3.63, 3.8) is 0 Å². The predicted molar refractivity (Wildman–Crippen MR) is 75.7 cm³/mol. The Kier molecular flexibility index (Phi) is 4.47. The van der Waals surface area contributed by atoms with Crippen LogP contribution in [0.25, 0.3) is 0 Å². The molecule has 0 spiro atoms. The van der Waals surface area contributed by atoms with Crippen LogP contribution < -0.4 is 5.73 Å². The Labute approximate surface area is 113 Å². The molecule has 1 fully saturated rings. The summed E-state index contributed by atoms with van der Waals surface area (Å²) in [5, 5.41) is 0. The van der Waals surface area contributed by atoms with Crippen LogP contribution in [0.3, 0.4) is 0 Å². The van der Waals surface area contributed by atoms with E-state index in [-0.39, 0.29) is 0 Å². The first-order valence-corrected chi connectivity index (χ1v) is 7.52. The molecule has 1 saturated heterocycles. The highest BCUT2D eigenvalue weighted by atomic mass is 35.5. The van der Waals surface area contributed by atoms with Gasteiger partial charge in [-0.05, 0) is 57.8 Å².